The largest absolute Gasteiger partial charge is 0.378 e. The van der Waals surface area contributed by atoms with Gasteiger partial charge in [0.2, 0.25) is 5.91 Å². The van der Waals surface area contributed by atoms with Crippen molar-refractivity contribution in [1.82, 2.24) is 4.98 Å². The molecule has 3 rings (SSSR count). The van der Waals surface area contributed by atoms with Crippen molar-refractivity contribution in [2.75, 3.05) is 43.1 Å². The summed E-state index contributed by atoms with van der Waals surface area (Å²) >= 11 is 1.55. The fraction of sp³-hybridized carbons (Fsp3) is 0.412. The molecule has 2 heterocycles. The molecule has 6 nitrogen and oxygen atoms in total. The standard InChI is InChI=1S/C17H22N4O2S/c18-6-5-17-20-14(12-24-17)11-16(22)19-13-1-3-15(4-2-13)21-7-9-23-10-8-21/h1-4,12H,5-11,18H2,(H,19,22). The highest BCUT2D eigenvalue weighted by atomic mass is 32.1. The van der Waals surface area contributed by atoms with Gasteiger partial charge in [-0.15, -0.1) is 11.3 Å². The van der Waals surface area contributed by atoms with Gasteiger partial charge in [-0.1, -0.05) is 0 Å². The first-order valence-corrected chi connectivity index (χ1v) is 8.98. The fourth-order valence-corrected chi connectivity index (χ4v) is 3.43. The van der Waals surface area contributed by atoms with Crippen LogP contribution in [-0.2, 0) is 22.4 Å². The average Bonchev–Trinajstić information content (AvgIpc) is 3.03. The number of morpholine rings is 1. The van der Waals surface area contributed by atoms with E-state index in [4.69, 9.17) is 10.5 Å². The molecule has 1 amide bonds. The molecule has 0 unspecified atom stereocenters. The van der Waals surface area contributed by atoms with Gasteiger partial charge in [0.15, 0.2) is 0 Å². The Bertz CT molecular complexity index is 665. The molecule has 7 heteroatoms. The van der Waals surface area contributed by atoms with Crippen molar-refractivity contribution in [3.05, 3.63) is 40.3 Å². The van der Waals surface area contributed by atoms with Gasteiger partial charge in [0.1, 0.15) is 0 Å². The highest BCUT2D eigenvalue weighted by Gasteiger charge is 2.12. The van der Waals surface area contributed by atoms with Gasteiger partial charge < -0.3 is 20.7 Å². The summed E-state index contributed by atoms with van der Waals surface area (Å²) in [5.74, 6) is -0.0567. The number of anilines is 2. The fourth-order valence-electron chi connectivity index (χ4n) is 2.62. The van der Waals surface area contributed by atoms with Crippen LogP contribution in [0, 0.1) is 0 Å². The number of thiazole rings is 1. The summed E-state index contributed by atoms with van der Waals surface area (Å²) in [6, 6.07) is 7.93. The zero-order chi connectivity index (χ0) is 16.8. The number of carbonyl (C=O) groups excluding carboxylic acids is 1. The maximum atomic E-state index is 12.1. The van der Waals surface area contributed by atoms with Crippen molar-refractivity contribution in [2.24, 2.45) is 5.73 Å². The van der Waals surface area contributed by atoms with E-state index in [1.54, 1.807) is 11.3 Å². The number of nitrogens with one attached hydrogen (secondary N) is 1. The van der Waals surface area contributed by atoms with Crippen LogP contribution in [0.5, 0.6) is 0 Å². The Balaban J connectivity index is 1.53. The number of carbonyl (C=O) groups is 1. The van der Waals surface area contributed by atoms with Gasteiger partial charge in [0, 0.05) is 36.3 Å². The van der Waals surface area contributed by atoms with Gasteiger partial charge >= 0.3 is 0 Å². The third-order valence-corrected chi connectivity index (χ3v) is 4.78. The number of benzene rings is 1. The van der Waals surface area contributed by atoms with Crippen molar-refractivity contribution in [3.63, 3.8) is 0 Å². The zero-order valence-electron chi connectivity index (χ0n) is 13.5. The minimum absolute atomic E-state index is 0.0567. The van der Waals surface area contributed by atoms with E-state index in [1.807, 2.05) is 29.6 Å². The molecule has 24 heavy (non-hydrogen) atoms. The summed E-state index contributed by atoms with van der Waals surface area (Å²) in [5, 5.41) is 5.82. The number of ether oxygens (including phenoxy) is 1. The summed E-state index contributed by atoms with van der Waals surface area (Å²) in [7, 11) is 0. The predicted molar refractivity (Wildman–Crippen MR) is 96.7 cm³/mol. The Labute approximate surface area is 145 Å². The molecule has 3 N–H and O–H groups in total. The zero-order valence-corrected chi connectivity index (χ0v) is 14.3. The highest BCUT2D eigenvalue weighted by Crippen LogP contribution is 2.19. The monoisotopic (exact) mass is 346 g/mol. The number of nitrogens with zero attached hydrogens (tertiary/aromatic N) is 2. The number of nitrogens with two attached hydrogens (primary N) is 1. The summed E-state index contributed by atoms with van der Waals surface area (Å²) in [5.41, 5.74) is 8.27. The van der Waals surface area contributed by atoms with Crippen molar-refractivity contribution >= 4 is 28.6 Å². The van der Waals surface area contributed by atoms with Crippen LogP contribution in [0.1, 0.15) is 10.7 Å². The van der Waals surface area contributed by atoms with Gasteiger partial charge in [-0.3, -0.25) is 4.79 Å². The molecule has 0 radical (unpaired) electrons. The van der Waals surface area contributed by atoms with Gasteiger partial charge in [-0.2, -0.15) is 0 Å². The number of hydrogen-bond donors (Lipinski definition) is 2. The molecule has 128 valence electrons. The second-order valence-electron chi connectivity index (χ2n) is 5.64. The van der Waals surface area contributed by atoms with Crippen molar-refractivity contribution in [3.8, 4) is 0 Å². The first-order chi connectivity index (χ1) is 11.7. The van der Waals surface area contributed by atoms with E-state index in [0.29, 0.717) is 6.54 Å². The Hall–Kier alpha value is -1.96. The molecule has 1 aromatic heterocycles. The van der Waals surface area contributed by atoms with E-state index in [-0.39, 0.29) is 12.3 Å². The Kier molecular flexibility index (Phi) is 5.79. The Morgan fingerprint density at radius 2 is 2.04 bits per heavy atom. The lowest BCUT2D eigenvalue weighted by Gasteiger charge is -2.28. The molecule has 0 bridgehead atoms. The van der Waals surface area contributed by atoms with Gasteiger partial charge in [0.05, 0.1) is 30.3 Å². The Morgan fingerprint density at radius 1 is 1.29 bits per heavy atom. The smallest absolute Gasteiger partial charge is 0.230 e. The number of hydrogen-bond acceptors (Lipinski definition) is 6. The first-order valence-electron chi connectivity index (χ1n) is 8.10. The van der Waals surface area contributed by atoms with E-state index in [0.717, 1.165) is 54.8 Å². The lowest BCUT2D eigenvalue weighted by Crippen LogP contribution is -2.36. The molecule has 1 fully saturated rings. The summed E-state index contributed by atoms with van der Waals surface area (Å²) in [6.45, 7) is 3.91. The Morgan fingerprint density at radius 3 is 2.75 bits per heavy atom. The van der Waals surface area contributed by atoms with Crippen LogP contribution in [0.2, 0.25) is 0 Å². The van der Waals surface area contributed by atoms with Crippen LogP contribution in [0.15, 0.2) is 29.6 Å². The van der Waals surface area contributed by atoms with Crippen molar-refractivity contribution in [1.29, 1.82) is 0 Å². The minimum atomic E-state index is -0.0567. The van der Waals surface area contributed by atoms with Gasteiger partial charge in [0.25, 0.3) is 0 Å². The molecule has 0 spiro atoms. The molecular formula is C17H22N4O2S. The third-order valence-electron chi connectivity index (χ3n) is 3.83. The SMILES string of the molecule is NCCc1nc(CC(=O)Nc2ccc(N3CCOCC3)cc2)cs1. The number of amides is 1. The first kappa shape index (κ1) is 16.9. The molecular weight excluding hydrogens is 324 g/mol. The average molecular weight is 346 g/mol. The third kappa shape index (κ3) is 4.53. The van der Waals surface area contributed by atoms with Crippen molar-refractivity contribution < 1.29 is 9.53 Å². The quantitative estimate of drug-likeness (QED) is 0.831. The van der Waals surface area contributed by atoms with Crippen LogP contribution < -0.4 is 16.0 Å². The maximum absolute atomic E-state index is 12.1. The summed E-state index contributed by atoms with van der Waals surface area (Å²) in [6.07, 6.45) is 1.04. The normalized spacial score (nSPS) is 14.6. The molecule has 1 aliphatic rings. The maximum Gasteiger partial charge on any atom is 0.230 e. The van der Waals surface area contributed by atoms with Crippen LogP contribution in [-0.4, -0.2) is 43.7 Å². The number of aromatic nitrogens is 1. The molecule has 1 saturated heterocycles. The lowest BCUT2D eigenvalue weighted by molar-refractivity contribution is -0.115. The van der Waals surface area contributed by atoms with E-state index < -0.39 is 0 Å². The summed E-state index contributed by atoms with van der Waals surface area (Å²) < 4.78 is 5.36. The second kappa shape index (κ2) is 8.23. The molecule has 0 aliphatic carbocycles. The van der Waals surface area contributed by atoms with Crippen LogP contribution in [0.3, 0.4) is 0 Å². The molecule has 0 atom stereocenters. The molecule has 1 aromatic carbocycles. The minimum Gasteiger partial charge on any atom is -0.378 e. The molecule has 1 aliphatic heterocycles. The van der Waals surface area contributed by atoms with Crippen molar-refractivity contribution in [2.45, 2.75) is 12.8 Å². The predicted octanol–water partition coefficient (Wildman–Crippen LogP) is 1.66. The van der Waals surface area contributed by atoms with E-state index >= 15 is 0 Å². The van der Waals surface area contributed by atoms with E-state index in [9.17, 15) is 4.79 Å². The topological polar surface area (TPSA) is 80.5 Å². The van der Waals surface area contributed by atoms with Crippen LogP contribution in [0.25, 0.3) is 0 Å². The lowest BCUT2D eigenvalue weighted by atomic mass is 10.2. The van der Waals surface area contributed by atoms with Crippen LogP contribution in [0.4, 0.5) is 11.4 Å². The summed E-state index contributed by atoms with van der Waals surface area (Å²) in [4.78, 5) is 18.8. The van der Waals surface area contributed by atoms with E-state index in [2.05, 4.69) is 15.2 Å². The molecule has 0 saturated carbocycles. The molecule has 2 aromatic rings. The van der Waals surface area contributed by atoms with Gasteiger partial charge in [-0.05, 0) is 30.8 Å². The number of rotatable bonds is 6. The van der Waals surface area contributed by atoms with Crippen LogP contribution >= 0.6 is 11.3 Å². The second-order valence-corrected chi connectivity index (χ2v) is 6.59. The van der Waals surface area contributed by atoms with Gasteiger partial charge in [-0.25, -0.2) is 4.98 Å². The van der Waals surface area contributed by atoms with E-state index in [1.165, 1.54) is 0 Å². The highest BCUT2D eigenvalue weighted by molar-refractivity contribution is 7.09.